The number of nitrogens with one attached hydrogen (secondary N) is 3. The van der Waals surface area contributed by atoms with E-state index in [2.05, 4.69) is 69.1 Å². The number of guanidine groups is 1. The smallest absolute Gasteiger partial charge is 0.191 e. The van der Waals surface area contributed by atoms with Gasteiger partial charge in [-0.25, -0.2) is 0 Å². The lowest BCUT2D eigenvalue weighted by atomic mass is 10.2. The van der Waals surface area contributed by atoms with E-state index in [1.54, 1.807) is 7.05 Å². The number of para-hydroxylation sites is 1. The average Bonchev–Trinajstić information content (AvgIpc) is 3.05. The fourth-order valence-corrected chi connectivity index (χ4v) is 3.27. The highest BCUT2D eigenvalue weighted by atomic mass is 32.2. The van der Waals surface area contributed by atoms with Crippen molar-refractivity contribution < 1.29 is 0 Å². The molecule has 0 aliphatic heterocycles. The molecule has 0 saturated heterocycles. The second-order valence-corrected chi connectivity index (χ2v) is 6.56. The molecular weight excluding hydrogens is 316 g/mol. The van der Waals surface area contributed by atoms with E-state index >= 15 is 0 Å². The van der Waals surface area contributed by atoms with Crippen LogP contribution < -0.4 is 10.6 Å². The van der Waals surface area contributed by atoms with Crippen molar-refractivity contribution in [3.05, 3.63) is 66.4 Å². The molecule has 1 aromatic heterocycles. The molecule has 0 aliphatic rings. The maximum atomic E-state index is 4.27. The number of hydrogen-bond donors (Lipinski definition) is 3. The third kappa shape index (κ3) is 4.55. The number of aliphatic imine (C=N–C) groups is 1. The summed E-state index contributed by atoms with van der Waals surface area (Å²) in [5, 5.41) is 7.92. The second kappa shape index (κ2) is 8.45. The maximum Gasteiger partial charge on any atom is 0.191 e. The first-order chi connectivity index (χ1) is 11.8. The molecule has 0 fully saturated rings. The van der Waals surface area contributed by atoms with Crippen LogP contribution in [0.2, 0.25) is 0 Å². The SMILES string of the molecule is CN=C(NCCSc1ccccc1)NCc1cc2ccccc2[nH]1. The molecule has 3 rings (SSSR count). The van der Waals surface area contributed by atoms with E-state index in [1.807, 2.05) is 23.9 Å². The Bertz CT molecular complexity index is 762. The van der Waals surface area contributed by atoms with Crippen molar-refractivity contribution in [1.82, 2.24) is 15.6 Å². The Labute approximate surface area is 146 Å². The summed E-state index contributed by atoms with van der Waals surface area (Å²) in [6, 6.07) is 20.9. The monoisotopic (exact) mass is 338 g/mol. The van der Waals surface area contributed by atoms with Crippen LogP contribution in [-0.4, -0.2) is 30.3 Å². The summed E-state index contributed by atoms with van der Waals surface area (Å²) >= 11 is 1.84. The van der Waals surface area contributed by atoms with Gasteiger partial charge in [-0.2, -0.15) is 0 Å². The predicted molar refractivity (Wildman–Crippen MR) is 104 cm³/mol. The van der Waals surface area contributed by atoms with Crippen molar-refractivity contribution in [3.8, 4) is 0 Å². The standard InChI is InChI=1S/C19H22N4S/c1-20-19(21-11-12-24-17-8-3-2-4-9-17)22-14-16-13-15-7-5-6-10-18(15)23-16/h2-10,13,23H,11-12,14H2,1H3,(H2,20,21,22). The second-order valence-electron chi connectivity index (χ2n) is 5.40. The molecule has 124 valence electrons. The van der Waals surface area contributed by atoms with Gasteiger partial charge in [0, 0.05) is 35.5 Å². The summed E-state index contributed by atoms with van der Waals surface area (Å²) in [6.45, 7) is 1.59. The number of aromatic nitrogens is 1. The zero-order chi connectivity index (χ0) is 16.6. The molecule has 4 nitrogen and oxygen atoms in total. The highest BCUT2D eigenvalue weighted by Crippen LogP contribution is 2.16. The van der Waals surface area contributed by atoms with E-state index in [0.717, 1.165) is 36.0 Å². The maximum absolute atomic E-state index is 4.27. The van der Waals surface area contributed by atoms with Crippen LogP contribution in [0.1, 0.15) is 5.69 Å². The molecule has 1 heterocycles. The largest absolute Gasteiger partial charge is 0.357 e. The number of aromatic amines is 1. The normalized spacial score (nSPS) is 11.6. The minimum atomic E-state index is 0.722. The van der Waals surface area contributed by atoms with Gasteiger partial charge in [-0.05, 0) is 29.7 Å². The molecule has 0 amide bonds. The number of H-pyrrole nitrogens is 1. The quantitative estimate of drug-likeness (QED) is 0.278. The first kappa shape index (κ1) is 16.5. The third-order valence-corrected chi connectivity index (χ3v) is 4.68. The topological polar surface area (TPSA) is 52.2 Å². The average molecular weight is 338 g/mol. The Balaban J connectivity index is 1.43. The summed E-state index contributed by atoms with van der Waals surface area (Å²) in [7, 11) is 1.80. The number of benzene rings is 2. The molecule has 5 heteroatoms. The summed E-state index contributed by atoms with van der Waals surface area (Å²) in [6.07, 6.45) is 0. The molecule has 0 radical (unpaired) electrons. The molecule has 24 heavy (non-hydrogen) atoms. The van der Waals surface area contributed by atoms with Crippen LogP contribution in [-0.2, 0) is 6.54 Å². The van der Waals surface area contributed by atoms with Gasteiger partial charge >= 0.3 is 0 Å². The predicted octanol–water partition coefficient (Wildman–Crippen LogP) is 3.63. The Kier molecular flexibility index (Phi) is 5.80. The van der Waals surface area contributed by atoms with Crippen LogP contribution >= 0.6 is 11.8 Å². The summed E-state index contributed by atoms with van der Waals surface area (Å²) in [4.78, 5) is 8.98. The molecule has 0 bridgehead atoms. The van der Waals surface area contributed by atoms with E-state index in [9.17, 15) is 0 Å². The van der Waals surface area contributed by atoms with Gasteiger partial charge < -0.3 is 15.6 Å². The van der Waals surface area contributed by atoms with Gasteiger partial charge in [-0.3, -0.25) is 4.99 Å². The number of nitrogens with zero attached hydrogens (tertiary/aromatic N) is 1. The molecule has 0 saturated carbocycles. The minimum absolute atomic E-state index is 0.722. The van der Waals surface area contributed by atoms with E-state index in [1.165, 1.54) is 10.3 Å². The molecule has 3 N–H and O–H groups in total. The first-order valence-corrected chi connectivity index (χ1v) is 9.03. The van der Waals surface area contributed by atoms with Crippen LogP contribution in [0.25, 0.3) is 10.9 Å². The van der Waals surface area contributed by atoms with Crippen molar-refractivity contribution >= 4 is 28.6 Å². The van der Waals surface area contributed by atoms with Gasteiger partial charge in [0.1, 0.15) is 0 Å². The molecule has 0 spiro atoms. The highest BCUT2D eigenvalue weighted by Gasteiger charge is 2.02. The van der Waals surface area contributed by atoms with Crippen molar-refractivity contribution in [2.45, 2.75) is 11.4 Å². The Hall–Kier alpha value is -2.40. The Morgan fingerprint density at radius 2 is 1.83 bits per heavy atom. The van der Waals surface area contributed by atoms with Gasteiger partial charge in [-0.1, -0.05) is 36.4 Å². The van der Waals surface area contributed by atoms with Crippen molar-refractivity contribution in [1.29, 1.82) is 0 Å². The number of hydrogen-bond acceptors (Lipinski definition) is 2. The molecule has 0 aliphatic carbocycles. The fourth-order valence-electron chi connectivity index (χ4n) is 2.48. The van der Waals surface area contributed by atoms with Gasteiger partial charge in [0.25, 0.3) is 0 Å². The van der Waals surface area contributed by atoms with E-state index in [-0.39, 0.29) is 0 Å². The first-order valence-electron chi connectivity index (χ1n) is 8.04. The van der Waals surface area contributed by atoms with Gasteiger partial charge in [-0.15, -0.1) is 11.8 Å². The van der Waals surface area contributed by atoms with Crippen LogP contribution in [0, 0.1) is 0 Å². The molecule has 2 aromatic carbocycles. The lowest BCUT2D eigenvalue weighted by Gasteiger charge is -2.11. The Morgan fingerprint density at radius 3 is 2.62 bits per heavy atom. The number of fused-ring (bicyclic) bond motifs is 1. The Morgan fingerprint density at radius 1 is 1.04 bits per heavy atom. The number of rotatable bonds is 6. The molecule has 0 atom stereocenters. The van der Waals surface area contributed by atoms with E-state index in [4.69, 9.17) is 0 Å². The lowest BCUT2D eigenvalue weighted by Crippen LogP contribution is -2.38. The minimum Gasteiger partial charge on any atom is -0.357 e. The third-order valence-electron chi connectivity index (χ3n) is 3.66. The number of thioether (sulfide) groups is 1. The van der Waals surface area contributed by atoms with Gasteiger partial charge in [0.2, 0.25) is 0 Å². The van der Waals surface area contributed by atoms with Crippen LogP contribution in [0.4, 0.5) is 0 Å². The molecule has 3 aromatic rings. The van der Waals surface area contributed by atoms with Gasteiger partial charge in [0.15, 0.2) is 5.96 Å². The molecule has 0 unspecified atom stereocenters. The van der Waals surface area contributed by atoms with Crippen LogP contribution in [0.3, 0.4) is 0 Å². The highest BCUT2D eigenvalue weighted by molar-refractivity contribution is 7.99. The van der Waals surface area contributed by atoms with Gasteiger partial charge in [0.05, 0.1) is 6.54 Å². The van der Waals surface area contributed by atoms with Crippen molar-refractivity contribution in [2.75, 3.05) is 19.3 Å². The van der Waals surface area contributed by atoms with Crippen molar-refractivity contribution in [3.63, 3.8) is 0 Å². The van der Waals surface area contributed by atoms with Crippen LogP contribution in [0.5, 0.6) is 0 Å². The summed E-state index contributed by atoms with van der Waals surface area (Å²) < 4.78 is 0. The van der Waals surface area contributed by atoms with E-state index in [0.29, 0.717) is 0 Å². The summed E-state index contributed by atoms with van der Waals surface area (Å²) in [5.41, 5.74) is 2.31. The molecular formula is C19H22N4S. The lowest BCUT2D eigenvalue weighted by molar-refractivity contribution is 0.819. The van der Waals surface area contributed by atoms with Crippen molar-refractivity contribution in [2.24, 2.45) is 4.99 Å². The zero-order valence-electron chi connectivity index (χ0n) is 13.8. The van der Waals surface area contributed by atoms with Crippen LogP contribution in [0.15, 0.2) is 70.6 Å². The zero-order valence-corrected chi connectivity index (χ0v) is 14.6. The fraction of sp³-hybridized carbons (Fsp3) is 0.211. The summed E-state index contributed by atoms with van der Waals surface area (Å²) in [5.74, 6) is 1.82. The van der Waals surface area contributed by atoms with E-state index < -0.39 is 0 Å².